The van der Waals surface area contributed by atoms with E-state index in [1.54, 1.807) is 19.1 Å². The summed E-state index contributed by atoms with van der Waals surface area (Å²) in [5.74, 6) is -0.0689. The number of hydrogen-bond donors (Lipinski definition) is 2. The number of carbonyl (C=O) groups is 2. The molecular formula is C22H29Cl2FN4O2. The van der Waals surface area contributed by atoms with Gasteiger partial charge in [0.1, 0.15) is 5.82 Å². The van der Waals surface area contributed by atoms with E-state index in [1.165, 1.54) is 12.1 Å². The van der Waals surface area contributed by atoms with E-state index < -0.39 is 0 Å². The van der Waals surface area contributed by atoms with Crippen LogP contribution in [-0.4, -0.2) is 53.9 Å². The number of rotatable bonds is 4. The maximum atomic E-state index is 13.4. The van der Waals surface area contributed by atoms with E-state index in [1.807, 2.05) is 4.90 Å². The molecule has 31 heavy (non-hydrogen) atoms. The zero-order valence-electron chi connectivity index (χ0n) is 17.5. The molecule has 9 heteroatoms. The Labute approximate surface area is 194 Å². The van der Waals surface area contributed by atoms with Crippen molar-refractivity contribution in [1.82, 2.24) is 20.5 Å². The summed E-state index contributed by atoms with van der Waals surface area (Å²) in [5, 5.41) is 7.01. The van der Waals surface area contributed by atoms with Crippen molar-refractivity contribution in [3.8, 4) is 0 Å². The molecule has 1 aromatic carbocycles. The quantitative estimate of drug-likeness (QED) is 0.718. The molecule has 2 atom stereocenters. The van der Waals surface area contributed by atoms with Crippen molar-refractivity contribution in [3.05, 3.63) is 41.3 Å². The highest BCUT2D eigenvalue weighted by molar-refractivity contribution is 5.98. The van der Waals surface area contributed by atoms with Crippen molar-refractivity contribution >= 4 is 47.5 Å². The number of carbonyl (C=O) groups excluding carboxylic acids is 2. The molecule has 0 bridgehead atoms. The number of nitrogens with one attached hydrogen (secondary N) is 2. The van der Waals surface area contributed by atoms with Gasteiger partial charge in [-0.1, -0.05) is 0 Å². The average Bonchev–Trinajstić information content (AvgIpc) is 3.26. The molecule has 0 aliphatic carbocycles. The lowest BCUT2D eigenvalue weighted by atomic mass is 9.96. The minimum atomic E-state index is -0.336. The van der Waals surface area contributed by atoms with Gasteiger partial charge in [-0.15, -0.1) is 24.8 Å². The highest BCUT2D eigenvalue weighted by atomic mass is 35.5. The van der Waals surface area contributed by atoms with Gasteiger partial charge in [0.2, 0.25) is 5.91 Å². The van der Waals surface area contributed by atoms with Crippen LogP contribution in [0.3, 0.4) is 0 Å². The number of hydrogen-bond acceptors (Lipinski definition) is 4. The molecule has 0 saturated carbocycles. The highest BCUT2D eigenvalue weighted by Gasteiger charge is 2.27. The van der Waals surface area contributed by atoms with Crippen molar-refractivity contribution in [2.75, 3.05) is 26.2 Å². The number of likely N-dealkylation sites (tertiary alicyclic amines) is 1. The minimum absolute atomic E-state index is 0. The summed E-state index contributed by atoms with van der Waals surface area (Å²) < 4.78 is 13.4. The van der Waals surface area contributed by atoms with Crippen LogP contribution in [0.2, 0.25) is 0 Å². The summed E-state index contributed by atoms with van der Waals surface area (Å²) in [6.07, 6.45) is 3.84. The molecule has 2 N–H and O–H groups in total. The van der Waals surface area contributed by atoms with Gasteiger partial charge in [-0.3, -0.25) is 14.6 Å². The van der Waals surface area contributed by atoms with Crippen molar-refractivity contribution in [3.63, 3.8) is 0 Å². The molecule has 0 spiro atoms. The zero-order chi connectivity index (χ0) is 20.4. The fourth-order valence-electron chi connectivity index (χ4n) is 4.32. The zero-order valence-corrected chi connectivity index (χ0v) is 19.2. The van der Waals surface area contributed by atoms with Crippen molar-refractivity contribution in [2.45, 2.75) is 38.6 Å². The number of benzene rings is 1. The van der Waals surface area contributed by atoms with Gasteiger partial charge >= 0.3 is 0 Å². The molecular weight excluding hydrogens is 442 g/mol. The van der Waals surface area contributed by atoms with Crippen LogP contribution in [0, 0.1) is 18.7 Å². The standard InChI is InChI=1S/C22H27FN4O2.2ClH/c1-14-18(10-16-6-7-17(23)11-20(16)26-14)22(29)27-9-3-4-15(13-27)12-25-21(28)19-5-2-8-24-19;;/h6-7,10-11,15,19,24H,2-5,8-9,12-13H2,1H3,(H,25,28);2*1H. The van der Waals surface area contributed by atoms with Gasteiger partial charge in [0, 0.05) is 31.1 Å². The highest BCUT2D eigenvalue weighted by Crippen LogP contribution is 2.22. The maximum Gasteiger partial charge on any atom is 0.255 e. The Bertz CT molecular complexity index is 937. The Hall–Kier alpha value is -1.96. The third kappa shape index (κ3) is 5.84. The number of fused-ring (bicyclic) bond motifs is 1. The van der Waals surface area contributed by atoms with E-state index in [0.717, 1.165) is 37.6 Å². The summed E-state index contributed by atoms with van der Waals surface area (Å²) in [5.41, 5.74) is 1.72. The third-order valence-electron chi connectivity index (χ3n) is 5.95. The number of halogens is 3. The molecule has 0 radical (unpaired) electrons. The second kappa shape index (κ2) is 11.1. The van der Waals surface area contributed by atoms with E-state index in [-0.39, 0.29) is 54.4 Å². The van der Waals surface area contributed by atoms with Gasteiger partial charge in [0.15, 0.2) is 0 Å². The second-order valence-electron chi connectivity index (χ2n) is 8.11. The lowest BCUT2D eigenvalue weighted by molar-refractivity contribution is -0.123. The topological polar surface area (TPSA) is 74.3 Å². The predicted molar refractivity (Wildman–Crippen MR) is 124 cm³/mol. The Morgan fingerprint density at radius 3 is 2.77 bits per heavy atom. The molecule has 170 valence electrons. The Morgan fingerprint density at radius 1 is 1.23 bits per heavy atom. The Morgan fingerprint density at radius 2 is 2.03 bits per heavy atom. The van der Waals surface area contributed by atoms with Gasteiger partial charge in [0.25, 0.3) is 5.91 Å². The number of amides is 2. The van der Waals surface area contributed by atoms with Gasteiger partial charge < -0.3 is 15.5 Å². The summed E-state index contributed by atoms with van der Waals surface area (Å²) >= 11 is 0. The Kier molecular flexibility index (Phi) is 9.03. The summed E-state index contributed by atoms with van der Waals surface area (Å²) in [6, 6.07) is 6.14. The molecule has 2 aromatic rings. The molecule has 2 unspecified atom stereocenters. The van der Waals surface area contributed by atoms with Crippen LogP contribution in [0.1, 0.15) is 41.7 Å². The van der Waals surface area contributed by atoms with Crippen molar-refractivity contribution in [1.29, 1.82) is 0 Å². The fraction of sp³-hybridized carbons (Fsp3) is 0.500. The molecule has 3 heterocycles. The van der Waals surface area contributed by atoms with E-state index in [2.05, 4.69) is 15.6 Å². The van der Waals surface area contributed by atoms with Crippen LogP contribution in [0.4, 0.5) is 4.39 Å². The van der Waals surface area contributed by atoms with E-state index >= 15 is 0 Å². The minimum Gasteiger partial charge on any atom is -0.354 e. The molecule has 4 rings (SSSR count). The molecule has 2 saturated heterocycles. The van der Waals surface area contributed by atoms with Crippen LogP contribution >= 0.6 is 24.8 Å². The molecule has 2 aliphatic rings. The van der Waals surface area contributed by atoms with Gasteiger partial charge in [-0.2, -0.15) is 0 Å². The Balaban J connectivity index is 0.00000171. The average molecular weight is 471 g/mol. The van der Waals surface area contributed by atoms with Crippen LogP contribution in [-0.2, 0) is 4.79 Å². The van der Waals surface area contributed by atoms with Crippen molar-refractivity contribution < 1.29 is 14.0 Å². The van der Waals surface area contributed by atoms with Crippen LogP contribution in [0.5, 0.6) is 0 Å². The van der Waals surface area contributed by atoms with E-state index in [0.29, 0.717) is 36.4 Å². The first-order chi connectivity index (χ1) is 14.0. The number of nitrogens with zero attached hydrogens (tertiary/aromatic N) is 2. The SMILES string of the molecule is Cc1nc2cc(F)ccc2cc1C(=O)N1CCCC(CNC(=O)C2CCCN2)C1.Cl.Cl. The number of aryl methyl sites for hydroxylation is 1. The normalized spacial score (nSPS) is 20.6. The summed E-state index contributed by atoms with van der Waals surface area (Å²) in [4.78, 5) is 31.6. The molecule has 2 aliphatic heterocycles. The summed E-state index contributed by atoms with van der Waals surface area (Å²) in [6.45, 7) is 4.60. The van der Waals surface area contributed by atoms with Gasteiger partial charge in [-0.25, -0.2) is 4.39 Å². The molecule has 6 nitrogen and oxygen atoms in total. The smallest absolute Gasteiger partial charge is 0.255 e. The first kappa shape index (κ1) is 25.3. The summed E-state index contributed by atoms with van der Waals surface area (Å²) in [7, 11) is 0. The maximum absolute atomic E-state index is 13.4. The first-order valence-electron chi connectivity index (χ1n) is 10.4. The molecule has 2 fully saturated rings. The van der Waals surface area contributed by atoms with Gasteiger partial charge in [0.05, 0.1) is 22.8 Å². The van der Waals surface area contributed by atoms with Crippen LogP contribution in [0.25, 0.3) is 10.9 Å². The molecule has 2 amide bonds. The predicted octanol–water partition coefficient (Wildman–Crippen LogP) is 3.25. The lowest BCUT2D eigenvalue weighted by Gasteiger charge is -2.33. The van der Waals surface area contributed by atoms with Crippen molar-refractivity contribution in [2.24, 2.45) is 5.92 Å². The third-order valence-corrected chi connectivity index (χ3v) is 5.95. The van der Waals surface area contributed by atoms with Gasteiger partial charge in [-0.05, 0) is 63.3 Å². The van der Waals surface area contributed by atoms with Crippen LogP contribution < -0.4 is 10.6 Å². The lowest BCUT2D eigenvalue weighted by Crippen LogP contribution is -2.46. The van der Waals surface area contributed by atoms with Crippen LogP contribution in [0.15, 0.2) is 24.3 Å². The first-order valence-corrected chi connectivity index (χ1v) is 10.4. The largest absolute Gasteiger partial charge is 0.354 e. The van der Waals surface area contributed by atoms with E-state index in [9.17, 15) is 14.0 Å². The van der Waals surface area contributed by atoms with E-state index in [4.69, 9.17) is 0 Å². The number of aromatic nitrogens is 1. The fourth-order valence-corrected chi connectivity index (χ4v) is 4.32. The number of pyridine rings is 1. The second-order valence-corrected chi connectivity index (χ2v) is 8.11. The number of piperidine rings is 1. The monoisotopic (exact) mass is 470 g/mol. The molecule has 1 aromatic heterocycles.